The first-order valence-electron chi connectivity index (χ1n) is 8.58. The number of para-hydroxylation sites is 1. The molecule has 1 heterocycles. The van der Waals surface area contributed by atoms with E-state index in [1.54, 1.807) is 30.3 Å². The van der Waals surface area contributed by atoms with Crippen LogP contribution in [0.4, 0.5) is 5.13 Å². The molecule has 2 aromatic carbocycles. The Morgan fingerprint density at radius 1 is 1.14 bits per heavy atom. The lowest BCUT2D eigenvalue weighted by Gasteiger charge is -2.10. The van der Waals surface area contributed by atoms with E-state index in [9.17, 15) is 9.59 Å². The summed E-state index contributed by atoms with van der Waals surface area (Å²) in [5.41, 5.74) is 1.86. The van der Waals surface area contributed by atoms with E-state index in [4.69, 9.17) is 16.3 Å². The minimum Gasteiger partial charge on any atom is -0.493 e. The van der Waals surface area contributed by atoms with Gasteiger partial charge in [0, 0.05) is 16.0 Å². The number of halogens is 1. The molecule has 2 N–H and O–H groups in total. The molecule has 3 aromatic rings. The van der Waals surface area contributed by atoms with E-state index >= 15 is 0 Å². The molecule has 0 unspecified atom stereocenters. The number of hydrogen-bond acceptors (Lipinski definition) is 5. The van der Waals surface area contributed by atoms with Crippen molar-refractivity contribution >= 4 is 39.9 Å². The van der Waals surface area contributed by atoms with Crippen LogP contribution in [0.1, 0.15) is 17.3 Å². The van der Waals surface area contributed by atoms with Crippen molar-refractivity contribution in [2.24, 2.45) is 0 Å². The number of hydrogen-bond donors (Lipinski definition) is 2. The number of aromatic nitrogens is 1. The normalized spacial score (nSPS) is 10.4. The van der Waals surface area contributed by atoms with Crippen molar-refractivity contribution in [2.75, 3.05) is 18.5 Å². The first-order chi connectivity index (χ1) is 13.6. The van der Waals surface area contributed by atoms with E-state index in [2.05, 4.69) is 15.6 Å². The Morgan fingerprint density at radius 2 is 1.89 bits per heavy atom. The van der Waals surface area contributed by atoms with Gasteiger partial charge in [-0.15, -0.1) is 11.3 Å². The first-order valence-corrected chi connectivity index (χ1v) is 9.84. The van der Waals surface area contributed by atoms with E-state index < -0.39 is 0 Å². The maximum atomic E-state index is 12.3. The molecule has 0 saturated carbocycles. The van der Waals surface area contributed by atoms with Gasteiger partial charge in [0.05, 0.1) is 24.4 Å². The van der Waals surface area contributed by atoms with Crippen molar-refractivity contribution < 1.29 is 14.3 Å². The molecule has 0 aliphatic heterocycles. The van der Waals surface area contributed by atoms with Crippen molar-refractivity contribution in [3.05, 3.63) is 64.5 Å². The monoisotopic (exact) mass is 415 g/mol. The summed E-state index contributed by atoms with van der Waals surface area (Å²) >= 11 is 7.46. The molecule has 8 heteroatoms. The largest absolute Gasteiger partial charge is 0.493 e. The minimum absolute atomic E-state index is 0.180. The van der Waals surface area contributed by atoms with Crippen molar-refractivity contribution in [2.45, 2.75) is 6.92 Å². The van der Waals surface area contributed by atoms with Gasteiger partial charge in [0.25, 0.3) is 5.91 Å². The van der Waals surface area contributed by atoms with Gasteiger partial charge in [-0.25, -0.2) is 4.98 Å². The maximum Gasteiger partial charge on any atom is 0.255 e. The Hall–Kier alpha value is -2.90. The summed E-state index contributed by atoms with van der Waals surface area (Å²) < 4.78 is 5.43. The lowest BCUT2D eigenvalue weighted by Crippen LogP contribution is -2.33. The number of rotatable bonds is 7. The van der Waals surface area contributed by atoms with Crippen LogP contribution in [0.25, 0.3) is 11.3 Å². The average Bonchev–Trinajstić information content (AvgIpc) is 3.15. The number of thiazole rings is 1. The van der Waals surface area contributed by atoms with E-state index in [1.807, 2.05) is 30.5 Å². The van der Waals surface area contributed by atoms with Crippen LogP contribution < -0.4 is 15.4 Å². The maximum absolute atomic E-state index is 12.3. The fraction of sp³-hybridized carbons (Fsp3) is 0.150. The third kappa shape index (κ3) is 4.88. The highest BCUT2D eigenvalue weighted by Crippen LogP contribution is 2.30. The van der Waals surface area contributed by atoms with E-state index in [0.29, 0.717) is 33.8 Å². The van der Waals surface area contributed by atoms with Gasteiger partial charge in [0.15, 0.2) is 5.13 Å². The summed E-state index contributed by atoms with van der Waals surface area (Å²) in [4.78, 5) is 28.9. The number of anilines is 1. The fourth-order valence-corrected chi connectivity index (χ4v) is 3.44. The number of nitrogens with zero attached hydrogens (tertiary/aromatic N) is 1. The smallest absolute Gasteiger partial charge is 0.255 e. The second kappa shape index (κ2) is 9.34. The predicted octanol–water partition coefficient (Wildman–Crippen LogP) is 4.23. The highest BCUT2D eigenvalue weighted by molar-refractivity contribution is 7.14. The topological polar surface area (TPSA) is 80.3 Å². The summed E-state index contributed by atoms with van der Waals surface area (Å²) in [5.74, 6) is -0.274. The third-order valence-electron chi connectivity index (χ3n) is 3.74. The zero-order chi connectivity index (χ0) is 19.9. The Kier molecular flexibility index (Phi) is 6.62. The number of nitrogens with one attached hydrogen (secondary N) is 2. The van der Waals surface area contributed by atoms with Crippen LogP contribution in [0.2, 0.25) is 5.02 Å². The number of ether oxygens (including phenoxy) is 1. The van der Waals surface area contributed by atoms with Gasteiger partial charge >= 0.3 is 0 Å². The molecule has 6 nitrogen and oxygen atoms in total. The van der Waals surface area contributed by atoms with Gasteiger partial charge in [-0.05, 0) is 25.1 Å². The quantitative estimate of drug-likeness (QED) is 0.605. The molecular formula is C20H18ClN3O3S. The summed E-state index contributed by atoms with van der Waals surface area (Å²) in [7, 11) is 0. The Balaban J connectivity index is 1.58. The van der Waals surface area contributed by atoms with Crippen LogP contribution in [0, 0.1) is 0 Å². The molecule has 0 saturated heterocycles. The van der Waals surface area contributed by atoms with Gasteiger partial charge in [0.2, 0.25) is 5.91 Å². The van der Waals surface area contributed by atoms with E-state index in [-0.39, 0.29) is 18.4 Å². The van der Waals surface area contributed by atoms with Gasteiger partial charge in [-0.3, -0.25) is 9.59 Å². The number of carbonyl (C=O) groups excluding carboxylic acids is 2. The van der Waals surface area contributed by atoms with Crippen molar-refractivity contribution in [1.82, 2.24) is 10.3 Å². The second-order valence-corrected chi connectivity index (χ2v) is 6.94. The van der Waals surface area contributed by atoms with E-state index in [1.165, 1.54) is 11.3 Å². The number of benzene rings is 2. The van der Waals surface area contributed by atoms with Crippen LogP contribution in [0.5, 0.6) is 5.75 Å². The molecule has 0 aliphatic rings. The molecule has 144 valence electrons. The first kappa shape index (κ1) is 19.9. The Labute approximate surface area is 171 Å². The Morgan fingerprint density at radius 3 is 2.68 bits per heavy atom. The highest BCUT2D eigenvalue weighted by atomic mass is 35.5. The molecule has 0 radical (unpaired) electrons. The van der Waals surface area contributed by atoms with Crippen molar-refractivity contribution in [3.8, 4) is 17.0 Å². The lowest BCUT2D eigenvalue weighted by atomic mass is 10.2. The van der Waals surface area contributed by atoms with Crippen LogP contribution in [0.3, 0.4) is 0 Å². The average molecular weight is 416 g/mol. The molecule has 2 amide bonds. The highest BCUT2D eigenvalue weighted by Gasteiger charge is 2.14. The van der Waals surface area contributed by atoms with Crippen LogP contribution in [-0.2, 0) is 4.79 Å². The Bertz CT molecular complexity index is 990. The summed E-state index contributed by atoms with van der Waals surface area (Å²) in [6, 6.07) is 14.2. The molecule has 0 bridgehead atoms. The van der Waals surface area contributed by atoms with Crippen molar-refractivity contribution in [1.29, 1.82) is 0 Å². The molecule has 1 aromatic heterocycles. The van der Waals surface area contributed by atoms with Gasteiger partial charge in [0.1, 0.15) is 5.75 Å². The van der Waals surface area contributed by atoms with Crippen molar-refractivity contribution in [3.63, 3.8) is 0 Å². The van der Waals surface area contributed by atoms with Crippen LogP contribution >= 0.6 is 22.9 Å². The SMILES string of the molecule is CCOc1ccccc1C(=O)NCC(=O)Nc1nc(-c2ccccc2Cl)cs1. The van der Waals surface area contributed by atoms with Crippen LogP contribution in [-0.4, -0.2) is 29.9 Å². The molecule has 0 atom stereocenters. The third-order valence-corrected chi connectivity index (χ3v) is 4.83. The molecule has 3 rings (SSSR count). The van der Waals surface area contributed by atoms with E-state index in [0.717, 1.165) is 5.56 Å². The zero-order valence-corrected chi connectivity index (χ0v) is 16.6. The molecule has 0 spiro atoms. The summed E-state index contributed by atoms with van der Waals surface area (Å²) in [6.45, 7) is 2.11. The summed E-state index contributed by atoms with van der Waals surface area (Å²) in [5, 5.41) is 8.10. The second-order valence-electron chi connectivity index (χ2n) is 5.68. The lowest BCUT2D eigenvalue weighted by molar-refractivity contribution is -0.115. The number of carbonyl (C=O) groups is 2. The molecule has 28 heavy (non-hydrogen) atoms. The molecular weight excluding hydrogens is 398 g/mol. The van der Waals surface area contributed by atoms with Gasteiger partial charge in [-0.2, -0.15) is 0 Å². The van der Waals surface area contributed by atoms with Crippen LogP contribution in [0.15, 0.2) is 53.9 Å². The number of amides is 2. The van der Waals surface area contributed by atoms with Gasteiger partial charge < -0.3 is 15.4 Å². The summed E-state index contributed by atoms with van der Waals surface area (Å²) in [6.07, 6.45) is 0. The fourth-order valence-electron chi connectivity index (χ4n) is 2.48. The zero-order valence-electron chi connectivity index (χ0n) is 15.1. The molecule has 0 aliphatic carbocycles. The minimum atomic E-state index is -0.380. The molecule has 0 fully saturated rings. The van der Waals surface area contributed by atoms with Gasteiger partial charge in [-0.1, -0.05) is 41.9 Å². The predicted molar refractivity (Wildman–Crippen MR) is 111 cm³/mol. The standard InChI is InChI=1S/C20H18ClN3O3S/c1-2-27-17-10-6-4-8-14(17)19(26)22-11-18(25)24-20-23-16(12-28-20)13-7-3-5-9-15(13)21/h3-10,12H,2,11H2,1H3,(H,22,26)(H,23,24,25).